The summed E-state index contributed by atoms with van der Waals surface area (Å²) in [5, 5.41) is 6.09. The fourth-order valence-corrected chi connectivity index (χ4v) is 2.92. The largest absolute Gasteiger partial charge is 0.492 e. The minimum absolute atomic E-state index is 0.246. The van der Waals surface area contributed by atoms with Crippen molar-refractivity contribution in [2.24, 2.45) is 0 Å². The lowest BCUT2D eigenvalue weighted by atomic mass is 10.3. The first-order valence-corrected chi connectivity index (χ1v) is 8.89. The minimum atomic E-state index is -0.246. The van der Waals surface area contributed by atoms with E-state index in [1.165, 1.54) is 0 Å². The van der Waals surface area contributed by atoms with E-state index in [9.17, 15) is 4.79 Å². The van der Waals surface area contributed by atoms with Crippen LogP contribution in [0.25, 0.3) is 0 Å². The number of carbonyl (C=O) groups is 1. The zero-order valence-corrected chi connectivity index (χ0v) is 16.0. The lowest BCUT2D eigenvalue weighted by Gasteiger charge is -2.10. The van der Waals surface area contributed by atoms with Gasteiger partial charge in [-0.25, -0.2) is 4.79 Å². The predicted octanol–water partition coefficient (Wildman–Crippen LogP) is 5.46. The van der Waals surface area contributed by atoms with Gasteiger partial charge in [-0.15, -0.1) is 0 Å². The minimum Gasteiger partial charge on any atom is -0.492 e. The molecule has 0 saturated carbocycles. The van der Waals surface area contributed by atoms with Crippen molar-refractivity contribution in [2.45, 2.75) is 6.42 Å². The predicted molar refractivity (Wildman–Crippen MR) is 100 cm³/mol. The molecule has 2 N–H and O–H groups in total. The van der Waals surface area contributed by atoms with E-state index in [1.54, 1.807) is 12.1 Å². The van der Waals surface area contributed by atoms with E-state index in [-0.39, 0.29) is 6.03 Å². The molecule has 0 saturated heterocycles. The molecule has 0 radical (unpaired) electrons. The molecule has 2 amide bonds. The van der Waals surface area contributed by atoms with Gasteiger partial charge in [0.1, 0.15) is 5.75 Å². The van der Waals surface area contributed by atoms with Gasteiger partial charge in [-0.05, 0) is 42.8 Å². The van der Waals surface area contributed by atoms with Crippen molar-refractivity contribution in [3.05, 3.63) is 56.4 Å². The first kappa shape index (κ1) is 18.1. The van der Waals surface area contributed by atoms with Gasteiger partial charge >= 0.3 is 6.03 Å². The number of anilines is 1. The van der Waals surface area contributed by atoms with E-state index in [0.717, 1.165) is 14.6 Å². The SMILES string of the molecule is O=C(NCCCOc1ccc(Br)cc1Cl)Nc1cccc(Br)c1. The van der Waals surface area contributed by atoms with E-state index in [4.69, 9.17) is 16.3 Å². The molecule has 0 aromatic heterocycles. The van der Waals surface area contributed by atoms with E-state index < -0.39 is 0 Å². The van der Waals surface area contributed by atoms with Gasteiger partial charge in [0.25, 0.3) is 0 Å². The summed E-state index contributed by atoms with van der Waals surface area (Å²) in [5.41, 5.74) is 0.731. The zero-order valence-electron chi connectivity index (χ0n) is 12.1. The van der Waals surface area contributed by atoms with Crippen LogP contribution in [-0.2, 0) is 0 Å². The van der Waals surface area contributed by atoms with Gasteiger partial charge in [0.2, 0.25) is 0 Å². The van der Waals surface area contributed by atoms with E-state index in [0.29, 0.717) is 30.3 Å². The maximum atomic E-state index is 11.7. The Morgan fingerprint density at radius 3 is 2.65 bits per heavy atom. The average Bonchev–Trinajstić information content (AvgIpc) is 2.49. The van der Waals surface area contributed by atoms with Gasteiger partial charge in [-0.2, -0.15) is 0 Å². The van der Waals surface area contributed by atoms with Gasteiger partial charge in [-0.1, -0.05) is 49.5 Å². The Kier molecular flexibility index (Phi) is 7.20. The Labute approximate surface area is 156 Å². The molecular weight excluding hydrogens is 447 g/mol. The lowest BCUT2D eigenvalue weighted by molar-refractivity contribution is 0.250. The van der Waals surface area contributed by atoms with Crippen LogP contribution in [0.5, 0.6) is 5.75 Å². The van der Waals surface area contributed by atoms with Crippen molar-refractivity contribution in [3.8, 4) is 5.75 Å². The fourth-order valence-electron chi connectivity index (χ4n) is 1.79. The van der Waals surface area contributed by atoms with Crippen molar-refractivity contribution < 1.29 is 9.53 Å². The summed E-state index contributed by atoms with van der Waals surface area (Å²) in [7, 11) is 0. The number of carbonyl (C=O) groups excluding carboxylic acids is 1. The second kappa shape index (κ2) is 9.15. The highest BCUT2D eigenvalue weighted by atomic mass is 79.9. The maximum Gasteiger partial charge on any atom is 0.319 e. The van der Waals surface area contributed by atoms with Crippen LogP contribution in [0.2, 0.25) is 5.02 Å². The third-order valence-corrected chi connectivity index (χ3v) is 4.12. The van der Waals surface area contributed by atoms with Crippen LogP contribution in [0.15, 0.2) is 51.4 Å². The summed E-state index contributed by atoms with van der Waals surface area (Å²) < 4.78 is 7.39. The average molecular weight is 463 g/mol. The van der Waals surface area contributed by atoms with Crippen LogP contribution in [0.3, 0.4) is 0 Å². The molecule has 0 aliphatic rings. The summed E-state index contributed by atoms with van der Waals surface area (Å²) in [4.78, 5) is 11.7. The molecule has 0 unspecified atom stereocenters. The summed E-state index contributed by atoms with van der Waals surface area (Å²) in [5.74, 6) is 0.633. The molecule has 2 rings (SSSR count). The highest BCUT2D eigenvalue weighted by Crippen LogP contribution is 2.27. The number of benzene rings is 2. The van der Waals surface area contributed by atoms with Gasteiger partial charge in [0.05, 0.1) is 11.6 Å². The van der Waals surface area contributed by atoms with Crippen LogP contribution in [0.4, 0.5) is 10.5 Å². The van der Waals surface area contributed by atoms with E-state index >= 15 is 0 Å². The Balaban J connectivity index is 1.66. The summed E-state index contributed by atoms with van der Waals surface area (Å²) in [6.07, 6.45) is 0.679. The molecule has 122 valence electrons. The molecule has 23 heavy (non-hydrogen) atoms. The van der Waals surface area contributed by atoms with E-state index in [1.807, 2.05) is 30.3 Å². The number of ether oxygens (including phenoxy) is 1. The topological polar surface area (TPSA) is 50.4 Å². The normalized spacial score (nSPS) is 10.2. The van der Waals surface area contributed by atoms with Gasteiger partial charge in [-0.3, -0.25) is 0 Å². The van der Waals surface area contributed by atoms with Crippen molar-refractivity contribution in [3.63, 3.8) is 0 Å². The third kappa shape index (κ3) is 6.41. The first-order chi connectivity index (χ1) is 11.0. The van der Waals surface area contributed by atoms with Gasteiger partial charge < -0.3 is 15.4 Å². The van der Waals surface area contributed by atoms with Crippen LogP contribution >= 0.6 is 43.5 Å². The smallest absolute Gasteiger partial charge is 0.319 e. The monoisotopic (exact) mass is 460 g/mol. The highest BCUT2D eigenvalue weighted by Gasteiger charge is 2.03. The second-order valence-electron chi connectivity index (χ2n) is 4.67. The third-order valence-electron chi connectivity index (χ3n) is 2.84. The number of nitrogens with one attached hydrogen (secondary N) is 2. The molecule has 0 heterocycles. The van der Waals surface area contributed by atoms with Crippen molar-refractivity contribution in [1.82, 2.24) is 5.32 Å². The van der Waals surface area contributed by atoms with Crippen molar-refractivity contribution in [1.29, 1.82) is 0 Å². The number of rotatable bonds is 6. The van der Waals surface area contributed by atoms with Gasteiger partial charge in [0, 0.05) is 21.2 Å². The molecule has 0 aliphatic carbocycles. The lowest BCUT2D eigenvalue weighted by Crippen LogP contribution is -2.30. The van der Waals surface area contributed by atoms with Crippen LogP contribution in [0, 0.1) is 0 Å². The highest BCUT2D eigenvalue weighted by molar-refractivity contribution is 9.10. The maximum absolute atomic E-state index is 11.7. The number of amides is 2. The Morgan fingerprint density at radius 2 is 1.91 bits per heavy atom. The van der Waals surface area contributed by atoms with Crippen LogP contribution in [-0.4, -0.2) is 19.2 Å². The Bertz CT molecular complexity index is 683. The zero-order chi connectivity index (χ0) is 16.7. The Hall–Kier alpha value is -1.24. The second-order valence-corrected chi connectivity index (χ2v) is 6.91. The fraction of sp³-hybridized carbons (Fsp3) is 0.188. The van der Waals surface area contributed by atoms with Crippen molar-refractivity contribution in [2.75, 3.05) is 18.5 Å². The molecule has 4 nitrogen and oxygen atoms in total. The van der Waals surface area contributed by atoms with Crippen LogP contribution < -0.4 is 15.4 Å². The summed E-state index contributed by atoms with van der Waals surface area (Å²) in [6.45, 7) is 0.979. The molecule has 0 aliphatic heterocycles. The number of urea groups is 1. The molecule has 0 bridgehead atoms. The molecule has 7 heteroatoms. The standard InChI is InChI=1S/C16H15Br2ClN2O2/c17-11-3-1-4-13(9-11)21-16(22)20-7-2-8-23-15-6-5-12(18)10-14(15)19/h1,3-6,9-10H,2,7-8H2,(H2,20,21,22). The van der Waals surface area contributed by atoms with E-state index in [2.05, 4.69) is 42.5 Å². The molecule has 0 fully saturated rings. The molecule has 2 aromatic carbocycles. The molecular formula is C16H15Br2ClN2O2. The summed E-state index contributed by atoms with van der Waals surface area (Å²) in [6, 6.07) is 12.6. The van der Waals surface area contributed by atoms with Crippen LogP contribution in [0.1, 0.15) is 6.42 Å². The quantitative estimate of drug-likeness (QED) is 0.561. The number of hydrogen-bond acceptors (Lipinski definition) is 2. The first-order valence-electron chi connectivity index (χ1n) is 6.93. The number of halogens is 3. The molecule has 0 atom stereocenters. The van der Waals surface area contributed by atoms with Crippen molar-refractivity contribution >= 4 is 55.2 Å². The molecule has 2 aromatic rings. The van der Waals surface area contributed by atoms with Gasteiger partial charge in [0.15, 0.2) is 0 Å². The summed E-state index contributed by atoms with van der Waals surface area (Å²) >= 11 is 12.8. The Morgan fingerprint density at radius 1 is 1.13 bits per heavy atom. The molecule has 0 spiro atoms. The number of hydrogen-bond donors (Lipinski definition) is 2.